The van der Waals surface area contributed by atoms with E-state index in [-0.39, 0.29) is 5.95 Å². The van der Waals surface area contributed by atoms with Crippen LogP contribution in [0.1, 0.15) is 5.56 Å². The first-order valence-electron chi connectivity index (χ1n) is 5.81. The summed E-state index contributed by atoms with van der Waals surface area (Å²) in [5.74, 6) is -2.14. The van der Waals surface area contributed by atoms with E-state index in [9.17, 15) is 8.78 Å². The van der Waals surface area contributed by atoms with Crippen LogP contribution in [-0.2, 0) is 0 Å². The number of hydrogen-bond donors (Lipinski definition) is 1. The van der Waals surface area contributed by atoms with Crippen molar-refractivity contribution in [3.63, 3.8) is 0 Å². The molecule has 1 aromatic carbocycles. The predicted octanol–water partition coefficient (Wildman–Crippen LogP) is 2.27. The van der Waals surface area contributed by atoms with Crippen LogP contribution in [0, 0.1) is 11.9 Å². The zero-order chi connectivity index (χ0) is 14.5. The highest BCUT2D eigenvalue weighted by Gasteiger charge is 2.02. The van der Waals surface area contributed by atoms with Gasteiger partial charge >= 0.3 is 0 Å². The number of hydrogen-bond acceptors (Lipinski definition) is 5. The largest absolute Gasteiger partial charge is 0.378 e. The summed E-state index contributed by atoms with van der Waals surface area (Å²) in [5, 5.41) is 3.82. The van der Waals surface area contributed by atoms with Gasteiger partial charge in [-0.3, -0.25) is 0 Å². The van der Waals surface area contributed by atoms with E-state index >= 15 is 0 Å². The topological polar surface area (TPSA) is 53.4 Å². The Morgan fingerprint density at radius 3 is 2.25 bits per heavy atom. The number of halogens is 2. The molecule has 0 bridgehead atoms. The van der Waals surface area contributed by atoms with Crippen molar-refractivity contribution in [2.75, 3.05) is 24.4 Å². The van der Waals surface area contributed by atoms with Crippen LogP contribution >= 0.6 is 0 Å². The van der Waals surface area contributed by atoms with Gasteiger partial charge in [0.15, 0.2) is 0 Å². The molecule has 2 aromatic rings. The maximum Gasteiger partial charge on any atom is 0.248 e. The van der Waals surface area contributed by atoms with E-state index in [4.69, 9.17) is 0 Å². The van der Waals surface area contributed by atoms with Gasteiger partial charge in [-0.05, 0) is 17.7 Å². The van der Waals surface area contributed by atoms with Crippen LogP contribution in [0.15, 0.2) is 35.4 Å². The molecule has 104 valence electrons. The van der Waals surface area contributed by atoms with E-state index in [0.717, 1.165) is 11.3 Å². The van der Waals surface area contributed by atoms with Gasteiger partial charge in [-0.2, -0.15) is 23.9 Å². The molecule has 1 aromatic heterocycles. The maximum absolute atomic E-state index is 12.8. The molecular weight excluding hydrogens is 264 g/mol. The van der Waals surface area contributed by atoms with Gasteiger partial charge in [0.1, 0.15) is 0 Å². The minimum absolute atomic E-state index is 0.233. The zero-order valence-electron chi connectivity index (χ0n) is 11.0. The number of nitrogens with one attached hydrogen (secondary N) is 1. The minimum Gasteiger partial charge on any atom is -0.378 e. The lowest BCUT2D eigenvalue weighted by atomic mass is 10.2. The van der Waals surface area contributed by atoms with Crippen LogP contribution in [0.25, 0.3) is 0 Å². The molecule has 0 aliphatic carbocycles. The molecule has 1 heterocycles. The van der Waals surface area contributed by atoms with Crippen LogP contribution in [0.4, 0.5) is 20.4 Å². The molecule has 2 rings (SSSR count). The first-order valence-corrected chi connectivity index (χ1v) is 5.81. The second-order valence-corrected chi connectivity index (χ2v) is 4.19. The minimum atomic E-state index is -0.953. The van der Waals surface area contributed by atoms with Crippen molar-refractivity contribution < 1.29 is 8.78 Å². The first kappa shape index (κ1) is 13.9. The summed E-state index contributed by atoms with van der Waals surface area (Å²) in [6, 6.07) is 8.19. The number of hydrazone groups is 1. The normalized spacial score (nSPS) is 10.8. The highest BCUT2D eigenvalue weighted by atomic mass is 19.1. The van der Waals surface area contributed by atoms with Crippen LogP contribution in [0.3, 0.4) is 0 Å². The van der Waals surface area contributed by atoms with Crippen molar-refractivity contribution in [3.05, 3.63) is 47.8 Å². The smallest absolute Gasteiger partial charge is 0.248 e. The monoisotopic (exact) mass is 277 g/mol. The van der Waals surface area contributed by atoms with Crippen molar-refractivity contribution in [2.45, 2.75) is 0 Å². The number of anilines is 2. The highest BCUT2D eigenvalue weighted by molar-refractivity contribution is 5.80. The van der Waals surface area contributed by atoms with Crippen molar-refractivity contribution >= 4 is 17.9 Å². The fraction of sp³-hybridized carbons (Fsp3) is 0.154. The SMILES string of the molecule is CN(C)c1ccc(/C=N/Nc2nc(F)cc(F)n2)cc1. The van der Waals surface area contributed by atoms with Gasteiger partial charge in [0, 0.05) is 25.8 Å². The highest BCUT2D eigenvalue weighted by Crippen LogP contribution is 2.11. The Morgan fingerprint density at radius 1 is 1.10 bits per heavy atom. The van der Waals surface area contributed by atoms with Gasteiger partial charge < -0.3 is 4.90 Å². The standard InChI is InChI=1S/C13H13F2N5/c1-20(2)10-5-3-9(4-6-10)8-16-19-13-17-11(14)7-12(15)18-13/h3-8H,1-2H3,(H,17,18,19)/b16-8+. The summed E-state index contributed by atoms with van der Waals surface area (Å²) in [6.45, 7) is 0. The summed E-state index contributed by atoms with van der Waals surface area (Å²) >= 11 is 0. The summed E-state index contributed by atoms with van der Waals surface area (Å²) in [7, 11) is 3.89. The number of nitrogens with zero attached hydrogens (tertiary/aromatic N) is 4. The molecule has 20 heavy (non-hydrogen) atoms. The summed E-state index contributed by atoms with van der Waals surface area (Å²) in [5.41, 5.74) is 4.26. The molecule has 0 spiro atoms. The summed E-state index contributed by atoms with van der Waals surface area (Å²) < 4.78 is 25.6. The van der Waals surface area contributed by atoms with Gasteiger partial charge in [-0.15, -0.1) is 0 Å². The summed E-state index contributed by atoms with van der Waals surface area (Å²) in [6.07, 6.45) is 1.51. The lowest BCUT2D eigenvalue weighted by Gasteiger charge is -2.11. The second kappa shape index (κ2) is 6.05. The lowest BCUT2D eigenvalue weighted by Crippen LogP contribution is -2.08. The van der Waals surface area contributed by atoms with Gasteiger partial charge in [-0.25, -0.2) is 5.43 Å². The first-order chi connectivity index (χ1) is 9.54. The molecule has 0 aliphatic heterocycles. The van der Waals surface area contributed by atoms with Crippen LogP contribution < -0.4 is 10.3 Å². The third-order valence-electron chi connectivity index (χ3n) is 2.45. The molecule has 0 atom stereocenters. The third-order valence-corrected chi connectivity index (χ3v) is 2.45. The fourth-order valence-electron chi connectivity index (χ4n) is 1.46. The van der Waals surface area contributed by atoms with Crippen LogP contribution in [0.5, 0.6) is 0 Å². The maximum atomic E-state index is 12.8. The Morgan fingerprint density at radius 2 is 1.70 bits per heavy atom. The Bertz CT molecular complexity index is 590. The molecule has 0 saturated carbocycles. The van der Waals surface area contributed by atoms with Crippen molar-refractivity contribution in [2.24, 2.45) is 5.10 Å². The third kappa shape index (κ3) is 3.71. The molecular formula is C13H13F2N5. The van der Waals surface area contributed by atoms with Crippen LogP contribution in [0.2, 0.25) is 0 Å². The Kier molecular flexibility index (Phi) is 4.19. The fourth-order valence-corrected chi connectivity index (χ4v) is 1.46. The van der Waals surface area contributed by atoms with Crippen LogP contribution in [-0.4, -0.2) is 30.3 Å². The molecule has 0 saturated heterocycles. The molecule has 5 nitrogen and oxygen atoms in total. The molecule has 0 amide bonds. The zero-order valence-corrected chi connectivity index (χ0v) is 11.0. The Balaban J connectivity index is 2.02. The van der Waals surface area contributed by atoms with E-state index < -0.39 is 11.9 Å². The molecule has 0 aliphatic rings. The van der Waals surface area contributed by atoms with Crippen molar-refractivity contribution in [1.29, 1.82) is 0 Å². The molecule has 0 fully saturated rings. The molecule has 0 unspecified atom stereocenters. The predicted molar refractivity (Wildman–Crippen MR) is 73.9 cm³/mol. The Hall–Kier alpha value is -2.57. The molecule has 0 radical (unpaired) electrons. The van der Waals surface area contributed by atoms with Gasteiger partial charge in [0.2, 0.25) is 17.8 Å². The van der Waals surface area contributed by atoms with E-state index in [2.05, 4.69) is 20.5 Å². The van der Waals surface area contributed by atoms with Gasteiger partial charge in [0.25, 0.3) is 0 Å². The quantitative estimate of drug-likeness (QED) is 0.529. The van der Waals surface area contributed by atoms with E-state index in [1.807, 2.05) is 43.3 Å². The summed E-state index contributed by atoms with van der Waals surface area (Å²) in [4.78, 5) is 8.68. The lowest BCUT2D eigenvalue weighted by molar-refractivity contribution is 0.528. The Labute approximate surface area is 115 Å². The number of aromatic nitrogens is 2. The van der Waals surface area contributed by atoms with E-state index in [1.165, 1.54) is 6.21 Å². The van der Waals surface area contributed by atoms with Gasteiger partial charge in [0.05, 0.1) is 6.21 Å². The van der Waals surface area contributed by atoms with Gasteiger partial charge in [-0.1, -0.05) is 12.1 Å². The molecule has 7 heteroatoms. The average molecular weight is 277 g/mol. The second-order valence-electron chi connectivity index (χ2n) is 4.19. The van der Waals surface area contributed by atoms with E-state index in [0.29, 0.717) is 6.07 Å². The average Bonchev–Trinajstić information content (AvgIpc) is 2.38. The number of rotatable bonds is 4. The number of benzene rings is 1. The van der Waals surface area contributed by atoms with Crippen molar-refractivity contribution in [1.82, 2.24) is 9.97 Å². The molecule has 1 N–H and O–H groups in total. The van der Waals surface area contributed by atoms with E-state index in [1.54, 1.807) is 0 Å². The van der Waals surface area contributed by atoms with Crippen molar-refractivity contribution in [3.8, 4) is 0 Å².